The van der Waals surface area contributed by atoms with E-state index in [-0.39, 0.29) is 11.0 Å². The van der Waals surface area contributed by atoms with Crippen LogP contribution in [-0.4, -0.2) is 24.5 Å². The Balaban J connectivity index is 2.12. The van der Waals surface area contributed by atoms with Crippen molar-refractivity contribution in [2.24, 2.45) is 0 Å². The van der Waals surface area contributed by atoms with Gasteiger partial charge in [-0.25, -0.2) is 9.37 Å². The highest BCUT2D eigenvalue weighted by Gasteiger charge is 2.10. The molecule has 0 fully saturated rings. The van der Waals surface area contributed by atoms with E-state index in [0.29, 0.717) is 17.3 Å². The van der Waals surface area contributed by atoms with Gasteiger partial charge in [0.25, 0.3) is 0 Å². The number of rotatable bonds is 2. The van der Waals surface area contributed by atoms with Crippen molar-refractivity contribution in [2.75, 3.05) is 5.73 Å². The quantitative estimate of drug-likeness (QED) is 0.781. The van der Waals surface area contributed by atoms with Gasteiger partial charge in [0.15, 0.2) is 5.82 Å². The third kappa shape index (κ3) is 2.30. The molecule has 2 aromatic heterocycles. The van der Waals surface area contributed by atoms with Gasteiger partial charge in [0, 0.05) is 18.0 Å². The van der Waals surface area contributed by atoms with Crippen molar-refractivity contribution in [1.82, 2.24) is 24.5 Å². The Labute approximate surface area is 118 Å². The van der Waals surface area contributed by atoms with Crippen LogP contribution in [0.3, 0.4) is 0 Å². The number of nitrogens with zero attached hydrogens (tertiary/aromatic N) is 5. The van der Waals surface area contributed by atoms with E-state index in [9.17, 15) is 4.39 Å². The lowest BCUT2D eigenvalue weighted by Crippen LogP contribution is -2.06. The molecular weight excluding hydrogens is 283 g/mol. The molecular formula is C12H8ClFN6. The first-order valence-corrected chi connectivity index (χ1v) is 5.96. The zero-order valence-electron chi connectivity index (χ0n) is 10.0. The van der Waals surface area contributed by atoms with Crippen LogP contribution >= 0.6 is 11.6 Å². The molecule has 0 aliphatic heterocycles. The van der Waals surface area contributed by atoms with Gasteiger partial charge in [0.1, 0.15) is 12.1 Å². The van der Waals surface area contributed by atoms with Crippen LogP contribution in [0.25, 0.3) is 17.3 Å². The number of hydrogen-bond acceptors (Lipinski definition) is 5. The average molecular weight is 291 g/mol. The number of aromatic nitrogens is 5. The molecule has 0 spiro atoms. The van der Waals surface area contributed by atoms with Crippen molar-refractivity contribution < 1.29 is 4.39 Å². The molecule has 2 heterocycles. The molecule has 3 rings (SSSR count). The highest BCUT2D eigenvalue weighted by Crippen LogP contribution is 2.23. The summed E-state index contributed by atoms with van der Waals surface area (Å²) < 4.78 is 14.8. The zero-order chi connectivity index (χ0) is 14.1. The minimum atomic E-state index is -0.507. The van der Waals surface area contributed by atoms with E-state index in [2.05, 4.69) is 19.9 Å². The Morgan fingerprint density at radius 2 is 2.05 bits per heavy atom. The molecule has 3 aromatic rings. The minimum Gasteiger partial charge on any atom is -0.368 e. The molecule has 0 saturated heterocycles. The molecule has 20 heavy (non-hydrogen) atoms. The summed E-state index contributed by atoms with van der Waals surface area (Å²) in [5, 5.41) is -0.00864. The summed E-state index contributed by atoms with van der Waals surface area (Å²) in [7, 11) is 0. The van der Waals surface area contributed by atoms with Gasteiger partial charge in [-0.05, 0) is 18.2 Å². The molecule has 1 aromatic carbocycles. The maximum Gasteiger partial charge on any atom is 0.240 e. The third-order valence-electron chi connectivity index (χ3n) is 2.55. The number of hydrogen-bond donors (Lipinski definition) is 1. The molecule has 0 bridgehead atoms. The topological polar surface area (TPSA) is 82.5 Å². The SMILES string of the molecule is Nc1nc(-c2ccc(F)c(Cl)c2)nc(-n2ccnc2)n1. The Morgan fingerprint density at radius 3 is 2.75 bits per heavy atom. The van der Waals surface area contributed by atoms with Gasteiger partial charge < -0.3 is 5.73 Å². The predicted octanol–water partition coefficient (Wildman–Crippen LogP) is 2.10. The smallest absolute Gasteiger partial charge is 0.240 e. The summed E-state index contributed by atoms with van der Waals surface area (Å²) in [6, 6.07) is 4.20. The summed E-state index contributed by atoms with van der Waals surface area (Å²) in [6.07, 6.45) is 4.81. The second kappa shape index (κ2) is 4.86. The van der Waals surface area contributed by atoms with E-state index in [0.717, 1.165) is 0 Å². The van der Waals surface area contributed by atoms with Crippen molar-refractivity contribution in [2.45, 2.75) is 0 Å². The number of nitrogens with two attached hydrogens (primary N) is 1. The number of benzene rings is 1. The molecule has 0 saturated carbocycles. The van der Waals surface area contributed by atoms with Crippen LogP contribution in [0.15, 0.2) is 36.9 Å². The van der Waals surface area contributed by atoms with Gasteiger partial charge in [-0.2, -0.15) is 15.0 Å². The zero-order valence-corrected chi connectivity index (χ0v) is 10.8. The summed E-state index contributed by atoms with van der Waals surface area (Å²) in [6.45, 7) is 0. The lowest BCUT2D eigenvalue weighted by atomic mass is 10.2. The molecule has 100 valence electrons. The molecule has 0 amide bonds. The summed E-state index contributed by atoms with van der Waals surface area (Å²) in [5.41, 5.74) is 6.22. The molecule has 0 atom stereocenters. The van der Waals surface area contributed by atoms with Gasteiger partial charge in [-0.1, -0.05) is 11.6 Å². The number of halogens is 2. The third-order valence-corrected chi connectivity index (χ3v) is 2.84. The van der Waals surface area contributed by atoms with Crippen LogP contribution < -0.4 is 5.73 Å². The molecule has 0 radical (unpaired) electrons. The molecule has 0 aliphatic carbocycles. The van der Waals surface area contributed by atoms with Crippen molar-refractivity contribution in [3.8, 4) is 17.3 Å². The highest BCUT2D eigenvalue weighted by molar-refractivity contribution is 6.31. The van der Waals surface area contributed by atoms with Gasteiger partial charge >= 0.3 is 0 Å². The summed E-state index contributed by atoms with van der Waals surface area (Å²) in [4.78, 5) is 16.2. The monoisotopic (exact) mass is 290 g/mol. The number of anilines is 1. The molecule has 8 heteroatoms. The van der Waals surface area contributed by atoms with Crippen molar-refractivity contribution >= 4 is 17.5 Å². The Kier molecular flexibility index (Phi) is 3.03. The van der Waals surface area contributed by atoms with Crippen molar-refractivity contribution in [3.05, 3.63) is 47.8 Å². The van der Waals surface area contributed by atoms with Gasteiger partial charge in [-0.15, -0.1) is 0 Å². The van der Waals surface area contributed by atoms with E-state index in [1.54, 1.807) is 17.0 Å². The maximum atomic E-state index is 13.2. The molecule has 0 aliphatic rings. The van der Waals surface area contributed by atoms with Crippen LogP contribution in [0.1, 0.15) is 0 Å². The average Bonchev–Trinajstić information content (AvgIpc) is 2.95. The fraction of sp³-hybridized carbons (Fsp3) is 0. The van der Waals surface area contributed by atoms with Crippen molar-refractivity contribution in [3.63, 3.8) is 0 Å². The normalized spacial score (nSPS) is 10.7. The first-order chi connectivity index (χ1) is 9.63. The predicted molar refractivity (Wildman–Crippen MR) is 71.8 cm³/mol. The maximum absolute atomic E-state index is 13.2. The van der Waals surface area contributed by atoms with E-state index in [1.807, 2.05) is 0 Å². The summed E-state index contributed by atoms with van der Waals surface area (Å²) >= 11 is 5.75. The lowest BCUT2D eigenvalue weighted by Gasteiger charge is -2.05. The Morgan fingerprint density at radius 1 is 1.20 bits per heavy atom. The van der Waals surface area contributed by atoms with E-state index >= 15 is 0 Å². The summed E-state index contributed by atoms with van der Waals surface area (Å²) in [5.74, 6) is 0.181. The fourth-order valence-corrected chi connectivity index (χ4v) is 1.82. The van der Waals surface area contributed by atoms with Gasteiger partial charge in [0.05, 0.1) is 5.02 Å². The van der Waals surface area contributed by atoms with E-state index in [4.69, 9.17) is 17.3 Å². The number of nitrogen functional groups attached to an aromatic ring is 1. The Hall–Kier alpha value is -2.54. The molecule has 2 N–H and O–H groups in total. The fourth-order valence-electron chi connectivity index (χ4n) is 1.64. The van der Waals surface area contributed by atoms with E-state index < -0.39 is 5.82 Å². The lowest BCUT2D eigenvalue weighted by molar-refractivity contribution is 0.628. The van der Waals surface area contributed by atoms with Gasteiger partial charge in [0.2, 0.25) is 11.9 Å². The Bertz CT molecular complexity index is 759. The second-order valence-corrected chi connectivity index (χ2v) is 4.32. The number of imidazole rings is 1. The largest absolute Gasteiger partial charge is 0.368 e. The van der Waals surface area contributed by atoms with Gasteiger partial charge in [-0.3, -0.25) is 4.57 Å². The molecule has 0 unspecified atom stereocenters. The minimum absolute atomic E-state index is 0.00864. The van der Waals surface area contributed by atoms with Crippen LogP contribution in [0.2, 0.25) is 5.02 Å². The molecule has 6 nitrogen and oxygen atoms in total. The van der Waals surface area contributed by atoms with Crippen LogP contribution in [0, 0.1) is 5.82 Å². The standard InChI is InChI=1S/C12H8ClFN6/c13-8-5-7(1-2-9(8)14)10-17-11(15)19-12(18-10)20-4-3-16-6-20/h1-6H,(H2,15,17,18,19). The van der Waals surface area contributed by atoms with Crippen LogP contribution in [0.5, 0.6) is 0 Å². The van der Waals surface area contributed by atoms with E-state index in [1.165, 1.54) is 24.5 Å². The highest BCUT2D eigenvalue weighted by atomic mass is 35.5. The first-order valence-electron chi connectivity index (χ1n) is 5.59. The first kappa shape index (κ1) is 12.5. The second-order valence-electron chi connectivity index (χ2n) is 3.92. The van der Waals surface area contributed by atoms with Crippen LogP contribution in [0.4, 0.5) is 10.3 Å². The van der Waals surface area contributed by atoms with Crippen molar-refractivity contribution in [1.29, 1.82) is 0 Å². The van der Waals surface area contributed by atoms with Crippen LogP contribution in [-0.2, 0) is 0 Å².